The topological polar surface area (TPSA) is 42.2 Å². The highest BCUT2D eigenvalue weighted by Gasteiger charge is 2.12. The highest BCUT2D eigenvalue weighted by Crippen LogP contribution is 2.25. The number of aliphatic hydroxyl groups is 1. The molecule has 18 heavy (non-hydrogen) atoms. The van der Waals surface area contributed by atoms with Gasteiger partial charge in [0.25, 0.3) is 0 Å². The van der Waals surface area contributed by atoms with Gasteiger partial charge in [0.1, 0.15) is 0 Å². The molecule has 1 heterocycles. The average molecular weight is 243 g/mol. The summed E-state index contributed by atoms with van der Waals surface area (Å²) in [6, 6.07) is 11.9. The van der Waals surface area contributed by atoms with E-state index in [-0.39, 0.29) is 6.61 Å². The van der Waals surface area contributed by atoms with E-state index >= 15 is 0 Å². The van der Waals surface area contributed by atoms with Gasteiger partial charge >= 0.3 is 0 Å². The molecular weight excluding hydrogens is 226 g/mol. The first kappa shape index (κ1) is 12.6. The molecule has 3 heteroatoms. The first-order valence-corrected chi connectivity index (χ1v) is 6.09. The van der Waals surface area contributed by atoms with Gasteiger partial charge in [0, 0.05) is 30.1 Å². The molecule has 0 spiro atoms. The largest absolute Gasteiger partial charge is 0.396 e. The highest BCUT2D eigenvalue weighted by atomic mass is 16.3. The van der Waals surface area contributed by atoms with Gasteiger partial charge in [-0.05, 0) is 25.0 Å². The lowest BCUT2D eigenvalue weighted by atomic mass is 10.1. The number of aliphatic hydroxyl groups excluding tert-OH is 1. The lowest BCUT2D eigenvalue weighted by molar-refractivity contribution is 0.112. The molecule has 0 aliphatic carbocycles. The number of aromatic nitrogens is 1. The molecule has 0 fully saturated rings. The monoisotopic (exact) mass is 243 g/mol. The summed E-state index contributed by atoms with van der Waals surface area (Å²) in [5, 5.41) is 8.96. The van der Waals surface area contributed by atoms with Crippen LogP contribution in [0, 0.1) is 6.92 Å². The summed E-state index contributed by atoms with van der Waals surface area (Å²) in [7, 11) is 0. The zero-order valence-corrected chi connectivity index (χ0v) is 10.5. The Bertz CT molecular complexity index is 529. The van der Waals surface area contributed by atoms with Gasteiger partial charge in [-0.2, -0.15) is 0 Å². The zero-order chi connectivity index (χ0) is 13.0. The first-order valence-electron chi connectivity index (χ1n) is 6.09. The summed E-state index contributed by atoms with van der Waals surface area (Å²) in [5.41, 5.74) is 3.79. The highest BCUT2D eigenvalue weighted by molar-refractivity contribution is 5.80. The van der Waals surface area contributed by atoms with E-state index in [9.17, 15) is 4.79 Å². The summed E-state index contributed by atoms with van der Waals surface area (Å²) >= 11 is 0. The van der Waals surface area contributed by atoms with Crippen LogP contribution in [0.2, 0.25) is 0 Å². The van der Waals surface area contributed by atoms with E-state index in [0.717, 1.165) is 29.8 Å². The Hall–Kier alpha value is -1.87. The number of carbonyl (C=O) groups is 1. The lowest BCUT2D eigenvalue weighted by Crippen LogP contribution is -2.04. The van der Waals surface area contributed by atoms with Crippen molar-refractivity contribution in [3.63, 3.8) is 0 Å². The Labute approximate surface area is 107 Å². The van der Waals surface area contributed by atoms with Gasteiger partial charge in [0.05, 0.1) is 0 Å². The molecule has 2 aromatic rings. The van der Waals surface area contributed by atoms with Crippen LogP contribution in [0.5, 0.6) is 0 Å². The summed E-state index contributed by atoms with van der Waals surface area (Å²) in [4.78, 5) is 11.0. The molecule has 0 amide bonds. The fourth-order valence-electron chi connectivity index (χ4n) is 2.15. The molecule has 1 aromatic carbocycles. The van der Waals surface area contributed by atoms with Crippen LogP contribution < -0.4 is 0 Å². The fourth-order valence-corrected chi connectivity index (χ4v) is 2.15. The Balaban J connectivity index is 2.48. The molecule has 0 atom stereocenters. The number of aldehydes is 1. The quantitative estimate of drug-likeness (QED) is 0.820. The molecular formula is C15H17NO2. The van der Waals surface area contributed by atoms with E-state index in [4.69, 9.17) is 5.11 Å². The summed E-state index contributed by atoms with van der Waals surface area (Å²) in [5.74, 6) is 0. The number of hydrogen-bond acceptors (Lipinski definition) is 2. The predicted molar refractivity (Wildman–Crippen MR) is 71.7 cm³/mol. The van der Waals surface area contributed by atoms with Crippen molar-refractivity contribution in [1.82, 2.24) is 4.57 Å². The Morgan fingerprint density at radius 3 is 2.61 bits per heavy atom. The van der Waals surface area contributed by atoms with Crippen molar-refractivity contribution in [3.05, 3.63) is 47.7 Å². The smallest absolute Gasteiger partial charge is 0.151 e. The molecule has 0 saturated carbocycles. The molecule has 0 aliphatic heterocycles. The van der Waals surface area contributed by atoms with E-state index in [0.29, 0.717) is 12.0 Å². The van der Waals surface area contributed by atoms with Gasteiger partial charge in [-0.3, -0.25) is 4.79 Å². The van der Waals surface area contributed by atoms with Crippen molar-refractivity contribution in [2.24, 2.45) is 0 Å². The molecule has 94 valence electrons. The van der Waals surface area contributed by atoms with Crippen molar-refractivity contribution in [3.8, 4) is 11.3 Å². The molecule has 1 aromatic heterocycles. The van der Waals surface area contributed by atoms with E-state index in [1.807, 2.05) is 43.3 Å². The van der Waals surface area contributed by atoms with Gasteiger partial charge in [-0.1, -0.05) is 30.3 Å². The van der Waals surface area contributed by atoms with Crippen LogP contribution in [0.15, 0.2) is 36.4 Å². The van der Waals surface area contributed by atoms with Gasteiger partial charge in [-0.15, -0.1) is 0 Å². The van der Waals surface area contributed by atoms with Crippen molar-refractivity contribution in [2.75, 3.05) is 6.61 Å². The van der Waals surface area contributed by atoms with E-state index in [1.165, 1.54) is 0 Å². The molecule has 0 aliphatic rings. The number of hydrogen-bond donors (Lipinski definition) is 1. The third-order valence-electron chi connectivity index (χ3n) is 3.14. The minimum Gasteiger partial charge on any atom is -0.396 e. The van der Waals surface area contributed by atoms with Crippen molar-refractivity contribution in [2.45, 2.75) is 19.9 Å². The predicted octanol–water partition coefficient (Wildman–Crippen LogP) is 2.66. The molecule has 0 saturated heterocycles. The third kappa shape index (κ3) is 2.36. The average Bonchev–Trinajstić information content (AvgIpc) is 2.74. The molecule has 2 rings (SSSR count). The van der Waals surface area contributed by atoms with Crippen molar-refractivity contribution >= 4 is 6.29 Å². The third-order valence-corrected chi connectivity index (χ3v) is 3.14. The van der Waals surface area contributed by atoms with Crippen LogP contribution in [-0.2, 0) is 6.54 Å². The second kappa shape index (κ2) is 5.65. The molecule has 0 bridgehead atoms. The van der Waals surface area contributed by atoms with E-state index in [2.05, 4.69) is 4.57 Å². The number of benzene rings is 1. The second-order valence-corrected chi connectivity index (χ2v) is 4.28. The summed E-state index contributed by atoms with van der Waals surface area (Å²) in [6.45, 7) is 2.82. The lowest BCUT2D eigenvalue weighted by Gasteiger charge is -2.11. The van der Waals surface area contributed by atoms with Crippen molar-refractivity contribution < 1.29 is 9.90 Å². The van der Waals surface area contributed by atoms with Gasteiger partial charge < -0.3 is 9.67 Å². The van der Waals surface area contributed by atoms with Crippen LogP contribution in [0.25, 0.3) is 11.3 Å². The SMILES string of the molecule is Cc1c(C=O)cc(-c2ccccc2)n1CCCO. The standard InChI is InChI=1S/C15H17NO2/c1-12-14(11-18)10-15(16(12)8-5-9-17)13-6-3-2-4-7-13/h2-4,6-7,10-11,17H,5,8-9H2,1H3. The Morgan fingerprint density at radius 2 is 2.00 bits per heavy atom. The maximum absolute atomic E-state index is 11.0. The van der Waals surface area contributed by atoms with Crippen LogP contribution in [0.3, 0.4) is 0 Å². The minimum atomic E-state index is 0.155. The summed E-state index contributed by atoms with van der Waals surface area (Å²) < 4.78 is 2.09. The molecule has 0 unspecified atom stereocenters. The summed E-state index contributed by atoms with van der Waals surface area (Å²) in [6.07, 6.45) is 1.57. The van der Waals surface area contributed by atoms with E-state index < -0.39 is 0 Å². The minimum absolute atomic E-state index is 0.155. The zero-order valence-electron chi connectivity index (χ0n) is 10.5. The number of rotatable bonds is 5. The Morgan fingerprint density at radius 1 is 1.28 bits per heavy atom. The molecule has 3 nitrogen and oxygen atoms in total. The van der Waals surface area contributed by atoms with Crippen LogP contribution in [0.4, 0.5) is 0 Å². The molecule has 0 radical (unpaired) electrons. The van der Waals surface area contributed by atoms with Crippen molar-refractivity contribution in [1.29, 1.82) is 0 Å². The first-order chi connectivity index (χ1) is 8.77. The van der Waals surface area contributed by atoms with Crippen LogP contribution in [0.1, 0.15) is 22.5 Å². The number of nitrogens with zero attached hydrogens (tertiary/aromatic N) is 1. The maximum atomic E-state index is 11.0. The second-order valence-electron chi connectivity index (χ2n) is 4.28. The van der Waals surface area contributed by atoms with Gasteiger partial charge in [0.2, 0.25) is 0 Å². The molecule has 1 N–H and O–H groups in total. The van der Waals surface area contributed by atoms with Gasteiger partial charge in [-0.25, -0.2) is 0 Å². The maximum Gasteiger partial charge on any atom is 0.151 e. The van der Waals surface area contributed by atoms with E-state index in [1.54, 1.807) is 0 Å². The normalized spacial score (nSPS) is 10.6. The number of carbonyl (C=O) groups excluding carboxylic acids is 1. The fraction of sp³-hybridized carbons (Fsp3) is 0.267. The Kier molecular flexibility index (Phi) is 3.95. The van der Waals surface area contributed by atoms with Crippen LogP contribution in [-0.4, -0.2) is 22.6 Å². The van der Waals surface area contributed by atoms with Gasteiger partial charge in [0.15, 0.2) is 6.29 Å². The van der Waals surface area contributed by atoms with Crippen LogP contribution >= 0.6 is 0 Å².